The molecule has 0 bridgehead atoms. The fourth-order valence-corrected chi connectivity index (χ4v) is 2.65. The summed E-state index contributed by atoms with van der Waals surface area (Å²) in [6.07, 6.45) is 3.26. The Morgan fingerprint density at radius 3 is 2.88 bits per heavy atom. The summed E-state index contributed by atoms with van der Waals surface area (Å²) >= 11 is 9.09. The normalized spacial score (nSPS) is 10.7. The van der Waals surface area contributed by atoms with Crippen molar-refractivity contribution in [3.05, 3.63) is 41.5 Å². The quantitative estimate of drug-likeness (QED) is 0.765. The second-order valence-corrected chi connectivity index (χ2v) is 5.98. The zero-order chi connectivity index (χ0) is 11.7. The summed E-state index contributed by atoms with van der Waals surface area (Å²) in [6.45, 7) is 2.28. The highest BCUT2D eigenvalue weighted by atomic mass is 127. The zero-order valence-electron chi connectivity index (χ0n) is 8.28. The van der Waals surface area contributed by atoms with E-state index in [2.05, 4.69) is 9.97 Å². The van der Waals surface area contributed by atoms with Crippen molar-refractivity contribution in [1.29, 1.82) is 0 Å². The summed E-state index contributed by atoms with van der Waals surface area (Å²) in [4.78, 5) is 20.9. The number of aryl methyl sites for hydroxylation is 1. The molecule has 0 N–H and O–H groups in total. The molecule has 84 valence electrons. The van der Waals surface area contributed by atoms with Gasteiger partial charge in [-0.15, -0.1) is 11.3 Å². The molecule has 4 nitrogen and oxygen atoms in total. The number of rotatable bonds is 2. The van der Waals surface area contributed by atoms with E-state index in [0.717, 1.165) is 4.88 Å². The Morgan fingerprint density at radius 2 is 2.25 bits per heavy atom. The van der Waals surface area contributed by atoms with E-state index in [-0.39, 0.29) is 5.56 Å². The maximum Gasteiger partial charge on any atom is 0.267 e. The number of aromatic nitrogens is 3. The summed E-state index contributed by atoms with van der Waals surface area (Å²) in [7, 11) is 0. The van der Waals surface area contributed by atoms with E-state index in [1.165, 1.54) is 11.3 Å². The van der Waals surface area contributed by atoms with Gasteiger partial charge in [-0.25, -0.2) is 9.97 Å². The van der Waals surface area contributed by atoms with E-state index in [1.807, 2.05) is 22.6 Å². The minimum atomic E-state index is -0.0300. The third-order valence-corrected chi connectivity index (χ3v) is 3.88. The van der Waals surface area contributed by atoms with E-state index in [4.69, 9.17) is 11.6 Å². The number of nitrogens with zero attached hydrogens (tertiary/aromatic N) is 3. The average Bonchev–Trinajstić information content (AvgIpc) is 2.65. The van der Waals surface area contributed by atoms with Crippen LogP contribution in [0.15, 0.2) is 17.2 Å². The summed E-state index contributed by atoms with van der Waals surface area (Å²) in [5.41, 5.74) is -0.0300. The first-order valence-corrected chi connectivity index (χ1v) is 6.67. The van der Waals surface area contributed by atoms with E-state index in [0.29, 0.717) is 20.4 Å². The van der Waals surface area contributed by atoms with Crippen LogP contribution < -0.4 is 5.56 Å². The Balaban J connectivity index is 2.42. The zero-order valence-corrected chi connectivity index (χ0v) is 12.0. The molecule has 0 saturated heterocycles. The number of thiazole rings is 1. The summed E-state index contributed by atoms with van der Waals surface area (Å²) in [6, 6.07) is 0. The molecule has 16 heavy (non-hydrogen) atoms. The second kappa shape index (κ2) is 4.80. The van der Waals surface area contributed by atoms with Crippen LogP contribution in [0.2, 0.25) is 4.47 Å². The fourth-order valence-electron chi connectivity index (χ4n) is 1.25. The van der Waals surface area contributed by atoms with Gasteiger partial charge in [-0.2, -0.15) is 0 Å². The van der Waals surface area contributed by atoms with Crippen molar-refractivity contribution < 1.29 is 0 Å². The van der Waals surface area contributed by atoms with Gasteiger partial charge in [0, 0.05) is 17.3 Å². The van der Waals surface area contributed by atoms with Crippen molar-refractivity contribution in [2.75, 3.05) is 0 Å². The number of halogens is 2. The topological polar surface area (TPSA) is 47.8 Å². The maximum absolute atomic E-state index is 11.9. The molecular formula is C9H7ClIN3OS. The standard InChI is InChI=1S/C9H7ClIN3OS/c1-5-12-3-7(11)8(15)14(5)4-6-2-13-9(10)16-6/h2-3H,4H2,1H3. The van der Waals surface area contributed by atoms with Crippen molar-refractivity contribution in [2.45, 2.75) is 13.5 Å². The first-order valence-electron chi connectivity index (χ1n) is 4.40. The highest BCUT2D eigenvalue weighted by molar-refractivity contribution is 14.1. The molecule has 0 unspecified atom stereocenters. The largest absolute Gasteiger partial charge is 0.291 e. The Kier molecular flexibility index (Phi) is 3.60. The smallest absolute Gasteiger partial charge is 0.267 e. The first-order chi connectivity index (χ1) is 7.58. The van der Waals surface area contributed by atoms with Crippen LogP contribution in [-0.4, -0.2) is 14.5 Å². The molecule has 0 amide bonds. The fraction of sp³-hybridized carbons (Fsp3) is 0.222. The second-order valence-electron chi connectivity index (χ2n) is 3.12. The molecule has 0 aliphatic carbocycles. The molecule has 0 spiro atoms. The third kappa shape index (κ3) is 2.44. The molecule has 0 saturated carbocycles. The summed E-state index contributed by atoms with van der Waals surface area (Å²) in [5, 5.41) is 0. The van der Waals surface area contributed by atoms with Crippen LogP contribution in [0.4, 0.5) is 0 Å². The van der Waals surface area contributed by atoms with Crippen LogP contribution in [0.1, 0.15) is 10.7 Å². The molecule has 0 fully saturated rings. The van der Waals surface area contributed by atoms with Crippen LogP contribution in [0.25, 0.3) is 0 Å². The van der Waals surface area contributed by atoms with Crippen molar-refractivity contribution in [3.8, 4) is 0 Å². The van der Waals surface area contributed by atoms with Gasteiger partial charge in [0.05, 0.1) is 10.1 Å². The van der Waals surface area contributed by atoms with Gasteiger partial charge >= 0.3 is 0 Å². The third-order valence-electron chi connectivity index (χ3n) is 2.04. The van der Waals surface area contributed by atoms with Gasteiger partial charge in [0.15, 0.2) is 4.47 Å². The summed E-state index contributed by atoms with van der Waals surface area (Å²) in [5.74, 6) is 0.690. The molecule has 0 aliphatic rings. The van der Waals surface area contributed by atoms with Crippen LogP contribution in [-0.2, 0) is 6.54 Å². The van der Waals surface area contributed by atoms with Crippen LogP contribution in [0.5, 0.6) is 0 Å². The molecular weight excluding hydrogens is 361 g/mol. The molecule has 0 aliphatic heterocycles. The molecule has 2 heterocycles. The van der Waals surface area contributed by atoms with E-state index < -0.39 is 0 Å². The highest BCUT2D eigenvalue weighted by Gasteiger charge is 2.07. The van der Waals surface area contributed by atoms with Crippen LogP contribution in [0, 0.1) is 10.5 Å². The average molecular weight is 368 g/mol. The molecule has 2 aromatic rings. The van der Waals surface area contributed by atoms with Crippen molar-refractivity contribution in [3.63, 3.8) is 0 Å². The molecule has 2 aromatic heterocycles. The van der Waals surface area contributed by atoms with Crippen molar-refractivity contribution in [2.24, 2.45) is 0 Å². The van der Waals surface area contributed by atoms with Gasteiger partial charge in [-0.3, -0.25) is 9.36 Å². The SMILES string of the molecule is Cc1ncc(I)c(=O)n1Cc1cnc(Cl)s1. The minimum Gasteiger partial charge on any atom is -0.291 e. The minimum absolute atomic E-state index is 0.0300. The van der Waals surface area contributed by atoms with Gasteiger partial charge in [0.1, 0.15) is 5.82 Å². The van der Waals surface area contributed by atoms with E-state index in [1.54, 1.807) is 23.9 Å². The monoisotopic (exact) mass is 367 g/mol. The summed E-state index contributed by atoms with van der Waals surface area (Å²) < 4.78 is 2.71. The Bertz CT molecular complexity index is 580. The van der Waals surface area contributed by atoms with Gasteiger partial charge < -0.3 is 0 Å². The van der Waals surface area contributed by atoms with E-state index >= 15 is 0 Å². The lowest BCUT2D eigenvalue weighted by molar-refractivity contribution is 0.701. The first kappa shape index (κ1) is 12.0. The predicted molar refractivity (Wildman–Crippen MR) is 72.2 cm³/mol. The number of hydrogen-bond acceptors (Lipinski definition) is 4. The number of hydrogen-bond donors (Lipinski definition) is 0. The molecule has 0 aromatic carbocycles. The van der Waals surface area contributed by atoms with Gasteiger partial charge in [-0.05, 0) is 29.5 Å². The molecule has 7 heteroatoms. The lowest BCUT2D eigenvalue weighted by atomic mass is 10.4. The highest BCUT2D eigenvalue weighted by Crippen LogP contribution is 2.18. The Morgan fingerprint density at radius 1 is 1.50 bits per heavy atom. The molecule has 2 rings (SSSR count). The van der Waals surface area contributed by atoms with Gasteiger partial charge in [0.2, 0.25) is 0 Å². The van der Waals surface area contributed by atoms with Gasteiger partial charge in [-0.1, -0.05) is 11.6 Å². The molecule has 0 radical (unpaired) electrons. The Labute approximate surface area is 114 Å². The van der Waals surface area contributed by atoms with Crippen LogP contribution in [0.3, 0.4) is 0 Å². The lowest BCUT2D eigenvalue weighted by Crippen LogP contribution is -2.25. The maximum atomic E-state index is 11.9. The van der Waals surface area contributed by atoms with Gasteiger partial charge in [0.25, 0.3) is 5.56 Å². The van der Waals surface area contributed by atoms with Crippen molar-refractivity contribution >= 4 is 45.5 Å². The van der Waals surface area contributed by atoms with Crippen LogP contribution >= 0.6 is 45.5 Å². The van der Waals surface area contributed by atoms with E-state index in [9.17, 15) is 4.79 Å². The predicted octanol–water partition coefficient (Wildman–Crippen LogP) is 2.31. The lowest BCUT2D eigenvalue weighted by Gasteiger charge is -2.07. The molecule has 0 atom stereocenters. The van der Waals surface area contributed by atoms with Crippen molar-refractivity contribution in [1.82, 2.24) is 14.5 Å². The Hall–Kier alpha value is -0.470.